The Kier molecular flexibility index (Phi) is 3.18. The van der Waals surface area contributed by atoms with Crippen molar-refractivity contribution in [1.29, 1.82) is 0 Å². The van der Waals surface area contributed by atoms with Crippen LogP contribution in [0.15, 0.2) is 6.07 Å². The van der Waals surface area contributed by atoms with Crippen molar-refractivity contribution in [1.82, 2.24) is 4.98 Å². The number of carbonyl (C=O) groups is 1. The predicted octanol–water partition coefficient (Wildman–Crippen LogP) is 2.03. The Balaban J connectivity index is 3.42. The summed E-state index contributed by atoms with van der Waals surface area (Å²) in [6, 6.07) is 1.30. The monoisotopic (exact) mass is 217 g/mol. The Morgan fingerprint density at radius 3 is 2.60 bits per heavy atom. The minimum Gasteiger partial charge on any atom is -0.481 e. The molecule has 0 spiro atoms. The Hall–Kier alpha value is -1.72. The molecule has 0 saturated carbocycles. The van der Waals surface area contributed by atoms with E-state index < -0.39 is 23.7 Å². The highest BCUT2D eigenvalue weighted by Crippen LogP contribution is 2.26. The maximum Gasteiger partial charge on any atom is 0.338 e. The molecule has 0 aliphatic carbocycles. The van der Waals surface area contributed by atoms with E-state index in [1.807, 2.05) is 0 Å². The number of nitrogens with zero attached hydrogens (tertiary/aromatic N) is 1. The molecule has 1 N–H and O–H groups in total. The summed E-state index contributed by atoms with van der Waals surface area (Å²) >= 11 is 0. The molecule has 0 aliphatic rings. The second-order valence-electron chi connectivity index (χ2n) is 2.85. The zero-order valence-electron chi connectivity index (χ0n) is 8.12. The summed E-state index contributed by atoms with van der Waals surface area (Å²) < 4.78 is 29.7. The molecule has 0 unspecified atom stereocenters. The topological polar surface area (TPSA) is 59.4 Å². The smallest absolute Gasteiger partial charge is 0.338 e. The van der Waals surface area contributed by atoms with E-state index in [1.165, 1.54) is 20.1 Å². The molecule has 0 aromatic carbocycles. The van der Waals surface area contributed by atoms with Crippen molar-refractivity contribution in [2.45, 2.75) is 13.3 Å². The first kappa shape index (κ1) is 11.4. The number of aryl methyl sites for hydroxylation is 1. The third-order valence-electron chi connectivity index (χ3n) is 1.85. The van der Waals surface area contributed by atoms with E-state index in [2.05, 4.69) is 9.72 Å². The quantitative estimate of drug-likeness (QED) is 0.841. The average molecular weight is 217 g/mol. The fourth-order valence-electron chi connectivity index (χ4n) is 1.21. The van der Waals surface area contributed by atoms with Crippen molar-refractivity contribution in [3.8, 4) is 5.88 Å². The number of rotatable bonds is 3. The number of aromatic nitrogens is 1. The van der Waals surface area contributed by atoms with Crippen molar-refractivity contribution in [2.24, 2.45) is 0 Å². The zero-order chi connectivity index (χ0) is 11.6. The van der Waals surface area contributed by atoms with E-state index in [0.717, 1.165) is 0 Å². The summed E-state index contributed by atoms with van der Waals surface area (Å²) in [6.07, 6.45) is -2.94. The maximum atomic E-state index is 12.5. The van der Waals surface area contributed by atoms with Gasteiger partial charge in [0, 0.05) is 6.07 Å². The zero-order valence-corrected chi connectivity index (χ0v) is 8.12. The van der Waals surface area contributed by atoms with Gasteiger partial charge in [0.1, 0.15) is 5.69 Å². The minimum atomic E-state index is -2.94. The molecule has 15 heavy (non-hydrogen) atoms. The lowest BCUT2D eigenvalue weighted by Crippen LogP contribution is -2.09. The van der Waals surface area contributed by atoms with Crippen LogP contribution in [0.3, 0.4) is 0 Å². The standard InChI is InChI=1S/C9H9F2NO3/c1-4-3-5(15-2)12-7(8(10)11)6(4)9(13)14/h3,8H,1-2H3,(H,13,14). The molecular formula is C9H9F2NO3. The third-order valence-corrected chi connectivity index (χ3v) is 1.85. The second-order valence-corrected chi connectivity index (χ2v) is 2.85. The minimum absolute atomic E-state index is 0.0206. The number of halogens is 2. The van der Waals surface area contributed by atoms with E-state index >= 15 is 0 Å². The fourth-order valence-corrected chi connectivity index (χ4v) is 1.21. The van der Waals surface area contributed by atoms with Gasteiger partial charge in [0.05, 0.1) is 12.7 Å². The average Bonchev–Trinajstić information content (AvgIpc) is 2.15. The van der Waals surface area contributed by atoms with E-state index in [4.69, 9.17) is 5.11 Å². The molecule has 0 aliphatic heterocycles. The lowest BCUT2D eigenvalue weighted by atomic mass is 10.1. The highest BCUT2D eigenvalue weighted by Gasteiger charge is 2.23. The number of aromatic carboxylic acids is 1. The third kappa shape index (κ3) is 2.20. The number of pyridine rings is 1. The van der Waals surface area contributed by atoms with Crippen LogP contribution in [0.4, 0.5) is 8.78 Å². The molecule has 0 saturated heterocycles. The molecule has 6 heteroatoms. The summed E-state index contributed by atoms with van der Waals surface area (Å²) in [4.78, 5) is 14.2. The van der Waals surface area contributed by atoms with Crippen LogP contribution in [0, 0.1) is 6.92 Å². The Bertz CT molecular complexity index is 393. The van der Waals surface area contributed by atoms with Crippen LogP contribution in [0.25, 0.3) is 0 Å². The Labute approximate surface area is 84.5 Å². The van der Waals surface area contributed by atoms with Crippen molar-refractivity contribution >= 4 is 5.97 Å². The molecule has 1 heterocycles. The van der Waals surface area contributed by atoms with Crippen molar-refractivity contribution in [3.05, 3.63) is 22.9 Å². The highest BCUT2D eigenvalue weighted by molar-refractivity contribution is 5.90. The molecule has 0 atom stereocenters. The van der Waals surface area contributed by atoms with E-state index in [-0.39, 0.29) is 11.4 Å². The van der Waals surface area contributed by atoms with Crippen molar-refractivity contribution < 1.29 is 23.4 Å². The SMILES string of the molecule is COc1cc(C)c(C(=O)O)c(C(F)F)n1. The van der Waals surface area contributed by atoms with Gasteiger partial charge in [0.15, 0.2) is 0 Å². The maximum absolute atomic E-state index is 12.5. The van der Waals surface area contributed by atoms with E-state index in [1.54, 1.807) is 0 Å². The molecule has 0 radical (unpaired) electrons. The summed E-state index contributed by atoms with van der Waals surface area (Å²) in [5, 5.41) is 8.74. The molecule has 0 fully saturated rings. The lowest BCUT2D eigenvalue weighted by Gasteiger charge is -2.09. The van der Waals surface area contributed by atoms with Crippen LogP contribution in [0.5, 0.6) is 5.88 Å². The van der Waals surface area contributed by atoms with Crippen LogP contribution >= 0.6 is 0 Å². The second kappa shape index (κ2) is 4.20. The molecule has 0 bridgehead atoms. The van der Waals surface area contributed by atoms with Gasteiger partial charge in [-0.15, -0.1) is 0 Å². The van der Waals surface area contributed by atoms with Gasteiger partial charge in [0.2, 0.25) is 5.88 Å². The van der Waals surface area contributed by atoms with Gasteiger partial charge in [-0.05, 0) is 12.5 Å². The van der Waals surface area contributed by atoms with Gasteiger partial charge >= 0.3 is 5.97 Å². The first-order valence-electron chi connectivity index (χ1n) is 4.04. The first-order valence-corrected chi connectivity index (χ1v) is 4.04. The summed E-state index contributed by atoms with van der Waals surface area (Å²) in [6.45, 7) is 1.42. The van der Waals surface area contributed by atoms with Crippen LogP contribution in [-0.2, 0) is 0 Å². The molecule has 1 rings (SSSR count). The molecule has 4 nitrogen and oxygen atoms in total. The fraction of sp³-hybridized carbons (Fsp3) is 0.333. The Morgan fingerprint density at radius 1 is 1.60 bits per heavy atom. The lowest BCUT2D eigenvalue weighted by molar-refractivity contribution is 0.0681. The normalized spacial score (nSPS) is 10.5. The van der Waals surface area contributed by atoms with E-state index in [0.29, 0.717) is 0 Å². The molecule has 1 aromatic rings. The molecular weight excluding hydrogens is 208 g/mol. The highest BCUT2D eigenvalue weighted by atomic mass is 19.3. The van der Waals surface area contributed by atoms with E-state index in [9.17, 15) is 13.6 Å². The van der Waals surface area contributed by atoms with Crippen LogP contribution < -0.4 is 4.74 Å². The molecule has 1 aromatic heterocycles. The molecule has 82 valence electrons. The largest absolute Gasteiger partial charge is 0.481 e. The van der Waals surface area contributed by atoms with Gasteiger partial charge in [-0.3, -0.25) is 0 Å². The molecule has 0 amide bonds. The summed E-state index contributed by atoms with van der Waals surface area (Å²) in [7, 11) is 1.28. The Morgan fingerprint density at radius 2 is 2.20 bits per heavy atom. The number of hydrogen-bond donors (Lipinski definition) is 1. The van der Waals surface area contributed by atoms with Crippen LogP contribution in [0.2, 0.25) is 0 Å². The van der Waals surface area contributed by atoms with Crippen molar-refractivity contribution in [3.63, 3.8) is 0 Å². The van der Waals surface area contributed by atoms with Crippen LogP contribution in [-0.4, -0.2) is 23.2 Å². The summed E-state index contributed by atoms with van der Waals surface area (Å²) in [5.74, 6) is -1.44. The number of ether oxygens (including phenoxy) is 1. The van der Waals surface area contributed by atoms with Gasteiger partial charge in [0.25, 0.3) is 6.43 Å². The van der Waals surface area contributed by atoms with Crippen molar-refractivity contribution in [2.75, 3.05) is 7.11 Å². The predicted molar refractivity (Wildman–Crippen MR) is 47.4 cm³/mol. The number of carboxylic acid groups (broad SMARTS) is 1. The number of carboxylic acids is 1. The van der Waals surface area contributed by atoms with Gasteiger partial charge in [-0.25, -0.2) is 18.6 Å². The van der Waals surface area contributed by atoms with Gasteiger partial charge in [-0.2, -0.15) is 0 Å². The van der Waals surface area contributed by atoms with Gasteiger partial charge < -0.3 is 9.84 Å². The van der Waals surface area contributed by atoms with Gasteiger partial charge in [-0.1, -0.05) is 0 Å². The van der Waals surface area contributed by atoms with Crippen LogP contribution in [0.1, 0.15) is 28.0 Å². The first-order chi connectivity index (χ1) is 6.97. The summed E-state index contributed by atoms with van der Waals surface area (Å²) in [5.41, 5.74) is -1.03. The number of alkyl halides is 2. The number of hydrogen-bond acceptors (Lipinski definition) is 3. The number of methoxy groups -OCH3 is 1.